The Balaban J connectivity index is 2.10. The van der Waals surface area contributed by atoms with Crippen LogP contribution in [0, 0.1) is 0 Å². The molecule has 0 aliphatic carbocycles. The summed E-state index contributed by atoms with van der Waals surface area (Å²) < 4.78 is 0.872. The number of hydrogen-bond acceptors (Lipinski definition) is 3. The highest BCUT2D eigenvalue weighted by Crippen LogP contribution is 2.20. The van der Waals surface area contributed by atoms with Gasteiger partial charge in [-0.1, -0.05) is 22.0 Å². The van der Waals surface area contributed by atoms with Gasteiger partial charge in [-0.2, -0.15) is 0 Å². The van der Waals surface area contributed by atoms with Gasteiger partial charge >= 0.3 is 6.09 Å². The number of carboxylic acid groups (broad SMARTS) is 1. The minimum atomic E-state index is -0.869. The summed E-state index contributed by atoms with van der Waals surface area (Å²) in [4.78, 5) is 28.4. The monoisotopic (exact) mass is 369 g/mol. The van der Waals surface area contributed by atoms with Crippen molar-refractivity contribution in [2.24, 2.45) is 0 Å². The van der Waals surface area contributed by atoms with Gasteiger partial charge in [0.05, 0.1) is 0 Å². The second-order valence-electron chi connectivity index (χ2n) is 5.55. The SMILES string of the molecule is CN(C)C(=O)c1cc(Br)ccc1CN1CCN(C(=O)O)CC1. The number of amides is 2. The van der Waals surface area contributed by atoms with Crippen LogP contribution in [0.1, 0.15) is 15.9 Å². The standard InChI is InChI=1S/C15H20BrN3O3/c1-17(2)14(20)13-9-12(16)4-3-11(13)10-18-5-7-19(8-6-18)15(21)22/h3-4,9H,5-8,10H2,1-2H3,(H,21,22). The molecule has 1 aromatic rings. The average Bonchev–Trinajstić information content (AvgIpc) is 2.48. The third-order valence-corrected chi connectivity index (χ3v) is 4.24. The largest absolute Gasteiger partial charge is 0.465 e. The van der Waals surface area contributed by atoms with Gasteiger partial charge in [0.15, 0.2) is 0 Å². The van der Waals surface area contributed by atoms with Gasteiger partial charge in [0.1, 0.15) is 0 Å². The number of rotatable bonds is 3. The molecule has 1 saturated heterocycles. The van der Waals surface area contributed by atoms with Gasteiger partial charge in [-0.05, 0) is 17.7 Å². The molecule has 0 unspecified atom stereocenters. The molecule has 1 aromatic carbocycles. The summed E-state index contributed by atoms with van der Waals surface area (Å²) in [5, 5.41) is 8.97. The van der Waals surface area contributed by atoms with Gasteiger partial charge in [-0.25, -0.2) is 4.79 Å². The van der Waals surface area contributed by atoms with Crippen LogP contribution in [-0.2, 0) is 6.54 Å². The molecule has 0 bridgehead atoms. The molecule has 22 heavy (non-hydrogen) atoms. The van der Waals surface area contributed by atoms with Gasteiger partial charge in [-0.15, -0.1) is 0 Å². The molecule has 0 spiro atoms. The van der Waals surface area contributed by atoms with Crippen LogP contribution in [0.25, 0.3) is 0 Å². The number of carbonyl (C=O) groups is 2. The van der Waals surface area contributed by atoms with E-state index in [9.17, 15) is 9.59 Å². The number of piperazine rings is 1. The van der Waals surface area contributed by atoms with Crippen molar-refractivity contribution >= 4 is 27.9 Å². The topological polar surface area (TPSA) is 64.1 Å². The van der Waals surface area contributed by atoms with Crippen molar-refractivity contribution in [3.05, 3.63) is 33.8 Å². The summed E-state index contributed by atoms with van der Waals surface area (Å²) in [6.45, 7) is 3.01. The Kier molecular flexibility index (Phi) is 5.42. The summed E-state index contributed by atoms with van der Waals surface area (Å²) >= 11 is 3.41. The average molecular weight is 370 g/mol. The van der Waals surface area contributed by atoms with Gasteiger partial charge in [-0.3, -0.25) is 9.69 Å². The number of hydrogen-bond donors (Lipinski definition) is 1. The minimum absolute atomic E-state index is 0.0273. The lowest BCUT2D eigenvalue weighted by Crippen LogP contribution is -2.47. The Morgan fingerprint density at radius 1 is 1.23 bits per heavy atom. The van der Waals surface area contributed by atoms with Crippen molar-refractivity contribution in [1.82, 2.24) is 14.7 Å². The number of benzene rings is 1. The van der Waals surface area contributed by atoms with Crippen LogP contribution in [0.4, 0.5) is 4.79 Å². The molecular weight excluding hydrogens is 350 g/mol. The van der Waals surface area contributed by atoms with Crippen molar-refractivity contribution in [3.63, 3.8) is 0 Å². The van der Waals surface area contributed by atoms with E-state index >= 15 is 0 Å². The van der Waals surface area contributed by atoms with E-state index in [0.29, 0.717) is 38.3 Å². The van der Waals surface area contributed by atoms with Crippen LogP contribution >= 0.6 is 15.9 Å². The zero-order chi connectivity index (χ0) is 16.3. The molecule has 0 atom stereocenters. The zero-order valence-corrected chi connectivity index (χ0v) is 14.3. The van der Waals surface area contributed by atoms with Crippen LogP contribution in [0.5, 0.6) is 0 Å². The van der Waals surface area contributed by atoms with E-state index in [1.54, 1.807) is 19.0 Å². The molecule has 2 rings (SSSR count). The third kappa shape index (κ3) is 3.98. The molecule has 6 nitrogen and oxygen atoms in total. The van der Waals surface area contributed by atoms with Gasteiger partial charge in [0.2, 0.25) is 0 Å². The molecule has 1 fully saturated rings. The van der Waals surface area contributed by atoms with Crippen molar-refractivity contribution in [1.29, 1.82) is 0 Å². The first-order valence-electron chi connectivity index (χ1n) is 7.09. The molecular formula is C15H20BrN3O3. The second kappa shape index (κ2) is 7.11. The number of carbonyl (C=O) groups excluding carboxylic acids is 1. The first kappa shape index (κ1) is 16.8. The van der Waals surface area contributed by atoms with Crippen molar-refractivity contribution < 1.29 is 14.7 Å². The minimum Gasteiger partial charge on any atom is -0.465 e. The van der Waals surface area contributed by atoms with E-state index in [0.717, 1.165) is 10.0 Å². The van der Waals surface area contributed by atoms with E-state index in [1.807, 2.05) is 18.2 Å². The maximum Gasteiger partial charge on any atom is 0.407 e. The van der Waals surface area contributed by atoms with Crippen LogP contribution in [0.2, 0.25) is 0 Å². The van der Waals surface area contributed by atoms with Crippen LogP contribution < -0.4 is 0 Å². The lowest BCUT2D eigenvalue weighted by Gasteiger charge is -2.33. The highest BCUT2D eigenvalue weighted by molar-refractivity contribution is 9.10. The van der Waals surface area contributed by atoms with Crippen LogP contribution in [0.15, 0.2) is 22.7 Å². The van der Waals surface area contributed by atoms with Crippen LogP contribution in [-0.4, -0.2) is 72.1 Å². The maximum atomic E-state index is 12.3. The van der Waals surface area contributed by atoms with Gasteiger partial charge in [0.25, 0.3) is 5.91 Å². The smallest absolute Gasteiger partial charge is 0.407 e. The third-order valence-electron chi connectivity index (χ3n) is 3.75. The second-order valence-corrected chi connectivity index (χ2v) is 6.46. The Morgan fingerprint density at radius 2 is 1.86 bits per heavy atom. The zero-order valence-electron chi connectivity index (χ0n) is 12.8. The fraction of sp³-hybridized carbons (Fsp3) is 0.467. The van der Waals surface area contributed by atoms with E-state index in [2.05, 4.69) is 20.8 Å². The van der Waals surface area contributed by atoms with Crippen molar-refractivity contribution in [2.75, 3.05) is 40.3 Å². The molecule has 1 aliphatic heterocycles. The molecule has 1 N–H and O–H groups in total. The molecule has 0 radical (unpaired) electrons. The molecule has 7 heteroatoms. The summed E-state index contributed by atoms with van der Waals surface area (Å²) in [6.07, 6.45) is -0.869. The Morgan fingerprint density at radius 3 is 2.41 bits per heavy atom. The summed E-state index contributed by atoms with van der Waals surface area (Å²) in [5.74, 6) is -0.0273. The fourth-order valence-corrected chi connectivity index (χ4v) is 2.83. The predicted octanol–water partition coefficient (Wildman–Crippen LogP) is 1.95. The van der Waals surface area contributed by atoms with E-state index in [-0.39, 0.29) is 5.91 Å². The molecule has 1 heterocycles. The Hall–Kier alpha value is -1.60. The fourth-order valence-electron chi connectivity index (χ4n) is 2.46. The number of nitrogens with zero attached hydrogens (tertiary/aromatic N) is 3. The Bertz CT molecular complexity index is 569. The van der Waals surface area contributed by atoms with Gasteiger partial charge in [0, 0.05) is 56.9 Å². The number of halogens is 1. The maximum absolute atomic E-state index is 12.3. The summed E-state index contributed by atoms with van der Waals surface area (Å²) in [6, 6.07) is 5.71. The van der Waals surface area contributed by atoms with E-state index in [1.165, 1.54) is 4.90 Å². The lowest BCUT2D eigenvalue weighted by molar-refractivity contribution is 0.0823. The molecule has 120 valence electrons. The predicted molar refractivity (Wildman–Crippen MR) is 87.0 cm³/mol. The molecule has 1 aliphatic rings. The Labute approximate surface area is 138 Å². The molecule has 0 aromatic heterocycles. The van der Waals surface area contributed by atoms with Crippen molar-refractivity contribution in [2.45, 2.75) is 6.54 Å². The summed E-state index contributed by atoms with van der Waals surface area (Å²) in [5.41, 5.74) is 1.64. The first-order chi connectivity index (χ1) is 10.4. The lowest BCUT2D eigenvalue weighted by atomic mass is 10.1. The normalized spacial score (nSPS) is 15.7. The van der Waals surface area contributed by atoms with E-state index < -0.39 is 6.09 Å². The van der Waals surface area contributed by atoms with Crippen LogP contribution in [0.3, 0.4) is 0 Å². The molecule has 0 saturated carbocycles. The quantitative estimate of drug-likeness (QED) is 0.884. The van der Waals surface area contributed by atoms with Crippen molar-refractivity contribution in [3.8, 4) is 0 Å². The summed E-state index contributed by atoms with van der Waals surface area (Å²) in [7, 11) is 3.47. The highest BCUT2D eigenvalue weighted by atomic mass is 79.9. The van der Waals surface area contributed by atoms with Gasteiger partial charge < -0.3 is 14.9 Å². The van der Waals surface area contributed by atoms with E-state index in [4.69, 9.17) is 5.11 Å². The molecule has 2 amide bonds. The highest BCUT2D eigenvalue weighted by Gasteiger charge is 2.22. The first-order valence-corrected chi connectivity index (χ1v) is 7.88.